The van der Waals surface area contributed by atoms with Crippen LogP contribution in [0.4, 0.5) is 0 Å². The first-order valence-corrected chi connectivity index (χ1v) is 12.5. The molecule has 0 saturated heterocycles. The molecule has 3 aromatic carbocycles. The number of benzene rings is 3. The Labute approximate surface area is 213 Å². The minimum Gasteiger partial charge on any atom is -0.342 e. The molecule has 1 heterocycles. The molecule has 1 amide bonds. The van der Waals surface area contributed by atoms with Gasteiger partial charge < -0.3 is 5.32 Å². The van der Waals surface area contributed by atoms with Gasteiger partial charge in [-0.3, -0.25) is 9.36 Å². The number of nitrogens with one attached hydrogen (secondary N) is 1. The van der Waals surface area contributed by atoms with Crippen molar-refractivity contribution in [3.63, 3.8) is 0 Å². The van der Waals surface area contributed by atoms with Crippen LogP contribution in [0, 0.1) is 13.8 Å². The van der Waals surface area contributed by atoms with E-state index in [1.807, 2.05) is 42.7 Å². The van der Waals surface area contributed by atoms with Crippen LogP contribution in [-0.4, -0.2) is 20.7 Å². The fourth-order valence-electron chi connectivity index (χ4n) is 3.55. The topological polar surface area (TPSA) is 59.8 Å². The molecule has 34 heavy (non-hydrogen) atoms. The van der Waals surface area contributed by atoms with E-state index in [0.29, 0.717) is 21.4 Å². The second-order valence-corrected chi connectivity index (χ2v) is 9.89. The number of carbonyl (C=O) groups excluding carboxylic acids is 1. The Morgan fingerprint density at radius 2 is 1.76 bits per heavy atom. The van der Waals surface area contributed by atoms with E-state index in [9.17, 15) is 4.79 Å². The zero-order valence-electron chi connectivity index (χ0n) is 19.0. The van der Waals surface area contributed by atoms with Crippen molar-refractivity contribution in [2.45, 2.75) is 37.7 Å². The van der Waals surface area contributed by atoms with E-state index in [0.717, 1.165) is 22.2 Å². The molecule has 0 bridgehead atoms. The highest BCUT2D eigenvalue weighted by atomic mass is 35.5. The van der Waals surface area contributed by atoms with Gasteiger partial charge in [-0.25, -0.2) is 0 Å². The molecule has 1 aromatic heterocycles. The summed E-state index contributed by atoms with van der Waals surface area (Å²) < 4.78 is 1.99. The average Bonchev–Trinajstić information content (AvgIpc) is 3.22. The lowest BCUT2D eigenvalue weighted by Crippen LogP contribution is -2.28. The molecule has 1 N–H and O–H groups in total. The maximum absolute atomic E-state index is 12.9. The monoisotopic (exact) mass is 510 g/mol. The summed E-state index contributed by atoms with van der Waals surface area (Å²) in [4.78, 5) is 12.9. The lowest BCUT2D eigenvalue weighted by Gasteiger charge is -2.17. The third-order valence-electron chi connectivity index (χ3n) is 5.31. The van der Waals surface area contributed by atoms with Crippen molar-refractivity contribution in [3.05, 3.63) is 105 Å². The van der Waals surface area contributed by atoms with E-state index in [-0.39, 0.29) is 5.91 Å². The highest BCUT2D eigenvalue weighted by Gasteiger charge is 2.22. The van der Waals surface area contributed by atoms with Crippen LogP contribution >= 0.6 is 35.0 Å². The summed E-state index contributed by atoms with van der Waals surface area (Å²) >= 11 is 13.8. The molecule has 8 heteroatoms. The molecule has 0 fully saturated rings. The molecule has 5 nitrogen and oxygen atoms in total. The first-order valence-electron chi connectivity index (χ1n) is 10.8. The van der Waals surface area contributed by atoms with E-state index in [1.54, 1.807) is 30.0 Å². The first-order chi connectivity index (χ1) is 16.3. The van der Waals surface area contributed by atoms with Gasteiger partial charge in [0.15, 0.2) is 11.0 Å². The second kappa shape index (κ2) is 10.6. The number of hydrogen-bond acceptors (Lipinski definition) is 4. The Hall–Kier alpha value is -2.80. The molecule has 0 radical (unpaired) electrons. The van der Waals surface area contributed by atoms with Gasteiger partial charge in [0.25, 0.3) is 5.91 Å². The van der Waals surface area contributed by atoms with Crippen molar-refractivity contribution >= 4 is 40.9 Å². The van der Waals surface area contributed by atoms with E-state index in [4.69, 9.17) is 23.2 Å². The van der Waals surface area contributed by atoms with Gasteiger partial charge in [-0.1, -0.05) is 82.5 Å². The first kappa shape index (κ1) is 24.3. The number of nitrogens with zero attached hydrogens (tertiary/aromatic N) is 3. The van der Waals surface area contributed by atoms with Crippen LogP contribution in [0.1, 0.15) is 45.8 Å². The van der Waals surface area contributed by atoms with Crippen molar-refractivity contribution in [3.8, 4) is 5.69 Å². The van der Waals surface area contributed by atoms with Crippen LogP contribution in [0.3, 0.4) is 0 Å². The summed E-state index contributed by atoms with van der Waals surface area (Å²) in [5.74, 6) is 1.09. The molecular formula is C26H24Cl2N4OS. The van der Waals surface area contributed by atoms with Gasteiger partial charge in [0.2, 0.25) is 0 Å². The molecule has 0 aliphatic carbocycles. The minimum atomic E-state index is -0.415. The Kier molecular flexibility index (Phi) is 7.61. The minimum absolute atomic E-state index is 0.298. The predicted molar refractivity (Wildman–Crippen MR) is 139 cm³/mol. The number of thioether (sulfide) groups is 1. The average molecular weight is 511 g/mol. The summed E-state index contributed by atoms with van der Waals surface area (Å²) in [6.45, 7) is 6.01. The van der Waals surface area contributed by atoms with Gasteiger partial charge in [0.1, 0.15) is 0 Å². The highest BCUT2D eigenvalue weighted by molar-refractivity contribution is 7.98. The van der Waals surface area contributed by atoms with Crippen LogP contribution in [-0.2, 0) is 5.75 Å². The molecule has 1 atom stereocenters. The van der Waals surface area contributed by atoms with Crippen molar-refractivity contribution in [2.75, 3.05) is 0 Å². The van der Waals surface area contributed by atoms with Crippen molar-refractivity contribution < 1.29 is 4.79 Å². The number of halogens is 2. The molecule has 0 aliphatic heterocycles. The predicted octanol–water partition coefficient (Wildman–Crippen LogP) is 6.97. The normalized spacial score (nSPS) is 11.9. The van der Waals surface area contributed by atoms with Gasteiger partial charge in [0.05, 0.1) is 16.6 Å². The maximum atomic E-state index is 12.9. The molecule has 174 valence electrons. The number of aryl methyl sites for hydroxylation is 2. The van der Waals surface area contributed by atoms with Crippen LogP contribution in [0.2, 0.25) is 10.0 Å². The molecular weight excluding hydrogens is 487 g/mol. The van der Waals surface area contributed by atoms with E-state index in [1.165, 1.54) is 11.1 Å². The zero-order chi connectivity index (χ0) is 24.2. The highest BCUT2D eigenvalue weighted by Crippen LogP contribution is 2.28. The Bertz CT molecular complexity index is 1320. The van der Waals surface area contributed by atoms with Gasteiger partial charge >= 0.3 is 0 Å². The van der Waals surface area contributed by atoms with Gasteiger partial charge in [-0.05, 0) is 56.7 Å². The van der Waals surface area contributed by atoms with Gasteiger partial charge in [-0.15, -0.1) is 10.2 Å². The van der Waals surface area contributed by atoms with Crippen molar-refractivity contribution in [2.24, 2.45) is 0 Å². The Morgan fingerprint density at radius 1 is 1.00 bits per heavy atom. The fourth-order valence-corrected chi connectivity index (χ4v) is 4.95. The lowest BCUT2D eigenvalue weighted by atomic mass is 10.2. The SMILES string of the molecule is Cc1ccc(-n2c(SCc3cccc(C)c3)nnc2C(C)NC(=O)c2ccc(Cl)cc2Cl)cc1. The number of carbonyl (C=O) groups is 1. The van der Waals surface area contributed by atoms with Crippen molar-refractivity contribution in [1.29, 1.82) is 0 Å². The molecule has 0 spiro atoms. The number of hydrogen-bond donors (Lipinski definition) is 1. The standard InChI is InChI=1S/C26H24Cl2N4OS/c1-16-7-10-21(11-8-16)32-24(18(3)29-25(33)22-12-9-20(27)14-23(22)28)30-31-26(32)34-15-19-6-4-5-17(2)13-19/h4-14,18H,15H2,1-3H3,(H,29,33). The van der Waals surface area contributed by atoms with Crippen LogP contribution < -0.4 is 5.32 Å². The van der Waals surface area contributed by atoms with Crippen LogP contribution in [0.25, 0.3) is 5.69 Å². The van der Waals surface area contributed by atoms with Crippen molar-refractivity contribution in [1.82, 2.24) is 20.1 Å². The zero-order valence-corrected chi connectivity index (χ0v) is 21.4. The summed E-state index contributed by atoms with van der Waals surface area (Å²) in [5, 5.41) is 13.4. The molecule has 0 aliphatic rings. The van der Waals surface area contributed by atoms with Gasteiger partial charge in [-0.2, -0.15) is 0 Å². The quantitative estimate of drug-likeness (QED) is 0.272. The number of amides is 1. The third-order valence-corrected chi connectivity index (χ3v) is 6.86. The number of aromatic nitrogens is 3. The van der Waals surface area contributed by atoms with Crippen LogP contribution in [0.5, 0.6) is 0 Å². The lowest BCUT2D eigenvalue weighted by molar-refractivity contribution is 0.0938. The molecule has 4 aromatic rings. The summed E-state index contributed by atoms with van der Waals surface area (Å²) in [5.41, 5.74) is 4.88. The van der Waals surface area contributed by atoms with E-state index in [2.05, 4.69) is 46.7 Å². The fraction of sp³-hybridized carbons (Fsp3) is 0.192. The summed E-state index contributed by atoms with van der Waals surface area (Å²) in [6.07, 6.45) is 0. The smallest absolute Gasteiger partial charge is 0.253 e. The van der Waals surface area contributed by atoms with Crippen LogP contribution in [0.15, 0.2) is 71.9 Å². The molecule has 0 saturated carbocycles. The Morgan fingerprint density at radius 3 is 2.47 bits per heavy atom. The third kappa shape index (κ3) is 5.63. The van der Waals surface area contributed by atoms with Gasteiger partial charge in [0, 0.05) is 16.5 Å². The second-order valence-electron chi connectivity index (χ2n) is 8.11. The van der Waals surface area contributed by atoms with E-state index < -0.39 is 6.04 Å². The summed E-state index contributed by atoms with van der Waals surface area (Å²) in [6, 6.07) is 21.0. The number of rotatable bonds is 7. The summed E-state index contributed by atoms with van der Waals surface area (Å²) in [7, 11) is 0. The van der Waals surface area contributed by atoms with E-state index >= 15 is 0 Å². The molecule has 1 unspecified atom stereocenters. The maximum Gasteiger partial charge on any atom is 0.253 e. The Balaban J connectivity index is 1.63. The largest absolute Gasteiger partial charge is 0.342 e. The molecule has 4 rings (SSSR count).